The van der Waals surface area contributed by atoms with Crippen molar-refractivity contribution in [3.8, 4) is 0 Å². The fraction of sp³-hybridized carbons (Fsp3) is 1.00. The van der Waals surface area contributed by atoms with Crippen molar-refractivity contribution in [1.29, 1.82) is 0 Å². The van der Waals surface area contributed by atoms with E-state index in [1.165, 1.54) is 48.7 Å². The molecule has 0 aromatic carbocycles. The van der Waals surface area contributed by atoms with E-state index in [1.54, 1.807) is 0 Å². The Labute approximate surface area is 77.9 Å². The summed E-state index contributed by atoms with van der Waals surface area (Å²) in [5.41, 5.74) is 0.816. The summed E-state index contributed by atoms with van der Waals surface area (Å²) >= 11 is 4.31. The van der Waals surface area contributed by atoms with Crippen molar-refractivity contribution >= 4 is 23.5 Å². The van der Waals surface area contributed by atoms with E-state index in [2.05, 4.69) is 23.5 Å². The van der Waals surface area contributed by atoms with Crippen molar-refractivity contribution in [2.75, 3.05) is 23.0 Å². The molecule has 0 nitrogen and oxygen atoms in total. The van der Waals surface area contributed by atoms with Crippen LogP contribution in [0.3, 0.4) is 0 Å². The van der Waals surface area contributed by atoms with E-state index in [9.17, 15) is 0 Å². The lowest BCUT2D eigenvalue weighted by Crippen LogP contribution is -2.30. The van der Waals surface area contributed by atoms with Crippen LogP contribution >= 0.6 is 23.5 Å². The van der Waals surface area contributed by atoms with Crippen molar-refractivity contribution in [2.45, 2.75) is 25.7 Å². The third-order valence-corrected chi connectivity index (χ3v) is 5.08. The first kappa shape index (κ1) is 8.31. The van der Waals surface area contributed by atoms with Gasteiger partial charge in [-0.15, -0.1) is 0 Å². The molecule has 0 aliphatic carbocycles. The van der Waals surface area contributed by atoms with Crippen LogP contribution in [0.2, 0.25) is 0 Å². The van der Waals surface area contributed by atoms with E-state index in [-0.39, 0.29) is 0 Å². The molecule has 0 N–H and O–H groups in total. The summed E-state index contributed by atoms with van der Waals surface area (Å²) < 4.78 is 0. The first-order valence-corrected chi connectivity index (χ1v) is 6.88. The van der Waals surface area contributed by atoms with Gasteiger partial charge in [0.15, 0.2) is 0 Å². The van der Waals surface area contributed by atoms with Crippen LogP contribution in [0.15, 0.2) is 0 Å². The molecular formula is C9H16S2. The maximum Gasteiger partial charge on any atom is -0.00622 e. The van der Waals surface area contributed by atoms with Crippen molar-refractivity contribution in [3.63, 3.8) is 0 Å². The predicted octanol–water partition coefficient (Wildman–Crippen LogP) is 3.03. The highest BCUT2D eigenvalue weighted by Crippen LogP contribution is 2.45. The second kappa shape index (κ2) is 3.61. The third-order valence-electron chi connectivity index (χ3n) is 3.11. The fourth-order valence-corrected chi connectivity index (χ4v) is 4.83. The molecule has 1 spiro atoms. The van der Waals surface area contributed by atoms with Crippen LogP contribution in [-0.2, 0) is 0 Å². The minimum atomic E-state index is 0.816. The van der Waals surface area contributed by atoms with Gasteiger partial charge in [-0.25, -0.2) is 0 Å². The summed E-state index contributed by atoms with van der Waals surface area (Å²) in [4.78, 5) is 0. The zero-order valence-electron chi connectivity index (χ0n) is 6.97. The maximum atomic E-state index is 2.16. The van der Waals surface area contributed by atoms with E-state index in [4.69, 9.17) is 0 Å². The van der Waals surface area contributed by atoms with Gasteiger partial charge >= 0.3 is 0 Å². The molecule has 0 atom stereocenters. The molecule has 2 heteroatoms. The first-order valence-electron chi connectivity index (χ1n) is 4.57. The number of rotatable bonds is 0. The largest absolute Gasteiger partial charge is 0.162 e. The Balaban J connectivity index is 1.94. The van der Waals surface area contributed by atoms with Gasteiger partial charge in [0.25, 0.3) is 0 Å². The lowest BCUT2D eigenvalue weighted by molar-refractivity contribution is 0.238. The molecule has 2 saturated heterocycles. The summed E-state index contributed by atoms with van der Waals surface area (Å²) in [7, 11) is 0. The molecule has 0 aromatic rings. The molecule has 2 aliphatic rings. The highest BCUT2D eigenvalue weighted by atomic mass is 32.2. The average Bonchev–Trinajstić information content (AvgIpc) is 2.07. The predicted molar refractivity (Wildman–Crippen MR) is 55.6 cm³/mol. The number of hydrogen-bond acceptors (Lipinski definition) is 2. The molecule has 64 valence electrons. The summed E-state index contributed by atoms with van der Waals surface area (Å²) in [6.07, 6.45) is 6.05. The molecular weight excluding hydrogens is 172 g/mol. The lowest BCUT2D eigenvalue weighted by atomic mass is 9.77. The molecule has 2 rings (SSSR count). The van der Waals surface area contributed by atoms with Gasteiger partial charge in [-0.2, -0.15) is 23.5 Å². The molecule has 2 fully saturated rings. The van der Waals surface area contributed by atoms with Gasteiger partial charge < -0.3 is 0 Å². The molecule has 0 saturated carbocycles. The molecule has 11 heavy (non-hydrogen) atoms. The van der Waals surface area contributed by atoms with E-state index in [0.717, 1.165) is 5.41 Å². The third kappa shape index (κ3) is 1.89. The summed E-state index contributed by atoms with van der Waals surface area (Å²) in [5.74, 6) is 5.74. The van der Waals surface area contributed by atoms with Gasteiger partial charge in [0.1, 0.15) is 0 Å². The van der Waals surface area contributed by atoms with Crippen LogP contribution in [0.25, 0.3) is 0 Å². The molecule has 0 aromatic heterocycles. The smallest absolute Gasteiger partial charge is 0.00622 e. The number of hydrogen-bond donors (Lipinski definition) is 0. The summed E-state index contributed by atoms with van der Waals surface area (Å²) in [6, 6.07) is 0. The highest BCUT2D eigenvalue weighted by molar-refractivity contribution is 7.99. The zero-order chi connectivity index (χ0) is 7.57. The van der Waals surface area contributed by atoms with E-state index in [0.29, 0.717) is 0 Å². The fourth-order valence-electron chi connectivity index (χ4n) is 2.11. The minimum absolute atomic E-state index is 0.816. The number of thioether (sulfide) groups is 2. The Morgan fingerprint density at radius 2 is 1.00 bits per heavy atom. The second-order valence-electron chi connectivity index (χ2n) is 3.72. The average molecular weight is 188 g/mol. The minimum Gasteiger partial charge on any atom is -0.162 e. The topological polar surface area (TPSA) is 0 Å². The van der Waals surface area contributed by atoms with E-state index >= 15 is 0 Å². The monoisotopic (exact) mass is 188 g/mol. The van der Waals surface area contributed by atoms with Crippen LogP contribution < -0.4 is 0 Å². The molecule has 0 radical (unpaired) electrons. The Kier molecular flexibility index (Phi) is 2.73. The van der Waals surface area contributed by atoms with Gasteiger partial charge in [0.05, 0.1) is 0 Å². The summed E-state index contributed by atoms with van der Waals surface area (Å²) in [6.45, 7) is 0. The Morgan fingerprint density at radius 1 is 0.636 bits per heavy atom. The van der Waals surface area contributed by atoms with Crippen LogP contribution in [0.5, 0.6) is 0 Å². The van der Waals surface area contributed by atoms with Gasteiger partial charge in [-0.05, 0) is 54.1 Å². The van der Waals surface area contributed by atoms with Crippen LogP contribution in [0.4, 0.5) is 0 Å². The SMILES string of the molecule is C1CC2(CCS1)CCSCC2. The Hall–Kier alpha value is 0.700. The van der Waals surface area contributed by atoms with Crippen LogP contribution in [-0.4, -0.2) is 23.0 Å². The maximum absolute atomic E-state index is 2.16. The quantitative estimate of drug-likeness (QED) is 0.573. The lowest BCUT2D eigenvalue weighted by Gasteiger charge is -2.39. The van der Waals surface area contributed by atoms with Gasteiger partial charge in [0.2, 0.25) is 0 Å². The van der Waals surface area contributed by atoms with Crippen molar-refractivity contribution in [3.05, 3.63) is 0 Å². The second-order valence-corrected chi connectivity index (χ2v) is 6.17. The Bertz CT molecular complexity index is 102. The van der Waals surface area contributed by atoms with Gasteiger partial charge in [0, 0.05) is 0 Å². The first-order chi connectivity index (χ1) is 5.41. The van der Waals surface area contributed by atoms with Crippen LogP contribution in [0, 0.1) is 5.41 Å². The summed E-state index contributed by atoms with van der Waals surface area (Å²) in [5, 5.41) is 0. The highest BCUT2D eigenvalue weighted by Gasteiger charge is 2.33. The normalized spacial score (nSPS) is 30.5. The standard InChI is InChI=1S/C9H16S2/c1-5-10-6-2-9(1)3-7-11-8-4-9/h1-8H2. The molecule has 0 amide bonds. The van der Waals surface area contributed by atoms with E-state index in [1.807, 2.05) is 0 Å². The molecule has 0 unspecified atom stereocenters. The van der Waals surface area contributed by atoms with Crippen LogP contribution in [0.1, 0.15) is 25.7 Å². The van der Waals surface area contributed by atoms with Gasteiger partial charge in [-0.3, -0.25) is 0 Å². The zero-order valence-corrected chi connectivity index (χ0v) is 8.61. The van der Waals surface area contributed by atoms with Crippen molar-refractivity contribution in [2.24, 2.45) is 5.41 Å². The molecule has 0 bridgehead atoms. The van der Waals surface area contributed by atoms with Gasteiger partial charge in [-0.1, -0.05) is 0 Å². The van der Waals surface area contributed by atoms with Crippen molar-refractivity contribution in [1.82, 2.24) is 0 Å². The molecule has 2 aliphatic heterocycles. The Morgan fingerprint density at radius 3 is 1.36 bits per heavy atom. The molecule has 2 heterocycles. The van der Waals surface area contributed by atoms with Crippen molar-refractivity contribution < 1.29 is 0 Å². The van der Waals surface area contributed by atoms with E-state index < -0.39 is 0 Å².